The van der Waals surface area contributed by atoms with Gasteiger partial charge in [-0.1, -0.05) is 37.1 Å². The normalized spacial score (nSPS) is 21.3. The van der Waals surface area contributed by atoms with E-state index in [1.807, 2.05) is 12.3 Å². The molecule has 2 heterocycles. The number of nitrogens with one attached hydrogen (secondary N) is 1. The van der Waals surface area contributed by atoms with Crippen molar-refractivity contribution in [2.24, 2.45) is 0 Å². The van der Waals surface area contributed by atoms with Gasteiger partial charge in [0.15, 0.2) is 0 Å². The molecule has 1 N–H and O–H groups in total. The van der Waals surface area contributed by atoms with Crippen molar-refractivity contribution < 1.29 is 0 Å². The second-order valence-electron chi connectivity index (χ2n) is 4.78. The van der Waals surface area contributed by atoms with Crippen molar-refractivity contribution in [1.29, 1.82) is 0 Å². The van der Waals surface area contributed by atoms with Crippen LogP contribution in [0.5, 0.6) is 0 Å². The van der Waals surface area contributed by atoms with Crippen molar-refractivity contribution in [2.45, 2.75) is 31.7 Å². The Morgan fingerprint density at radius 3 is 3.00 bits per heavy atom. The van der Waals surface area contributed by atoms with Gasteiger partial charge in [-0.3, -0.25) is 4.98 Å². The number of fused-ring (bicyclic) bond motifs is 1. The Morgan fingerprint density at radius 1 is 1.06 bits per heavy atom. The summed E-state index contributed by atoms with van der Waals surface area (Å²) >= 11 is 0. The van der Waals surface area contributed by atoms with Crippen molar-refractivity contribution in [2.75, 3.05) is 6.54 Å². The third kappa shape index (κ3) is 2.18. The van der Waals surface area contributed by atoms with Gasteiger partial charge in [0.2, 0.25) is 0 Å². The first kappa shape index (κ1) is 10.7. The van der Waals surface area contributed by atoms with Crippen LogP contribution >= 0.6 is 0 Å². The summed E-state index contributed by atoms with van der Waals surface area (Å²) in [5, 5.41) is 4.90. The van der Waals surface area contributed by atoms with Crippen LogP contribution in [0, 0.1) is 0 Å². The molecule has 0 spiro atoms. The van der Waals surface area contributed by atoms with Gasteiger partial charge in [-0.15, -0.1) is 0 Å². The zero-order valence-corrected chi connectivity index (χ0v) is 10.0. The van der Waals surface area contributed by atoms with Gasteiger partial charge in [0.05, 0.1) is 5.52 Å². The number of rotatable bonds is 1. The highest BCUT2D eigenvalue weighted by Gasteiger charge is 2.16. The number of aromatic nitrogens is 1. The maximum Gasteiger partial charge on any atom is 0.0749 e. The standard InChI is InChI=1S/C15H18N2/c1-2-9-14(16-10-3-1)13-8-4-6-12-7-5-11-17-15(12)13/h4-8,11,14,16H,1-3,9-10H2. The van der Waals surface area contributed by atoms with E-state index in [1.54, 1.807) is 0 Å². The minimum atomic E-state index is 0.482. The first-order valence-corrected chi connectivity index (χ1v) is 6.52. The second-order valence-corrected chi connectivity index (χ2v) is 4.78. The molecule has 2 aromatic rings. The predicted octanol–water partition coefficient (Wildman–Crippen LogP) is 3.44. The summed E-state index contributed by atoms with van der Waals surface area (Å²) in [4.78, 5) is 4.55. The Hall–Kier alpha value is -1.41. The van der Waals surface area contributed by atoms with Crippen LogP contribution in [0.4, 0.5) is 0 Å². The van der Waals surface area contributed by atoms with E-state index in [4.69, 9.17) is 0 Å². The fourth-order valence-corrected chi connectivity index (χ4v) is 2.70. The Balaban J connectivity index is 2.03. The molecule has 0 radical (unpaired) electrons. The monoisotopic (exact) mass is 226 g/mol. The second kappa shape index (κ2) is 4.84. The summed E-state index contributed by atoms with van der Waals surface area (Å²) in [5.74, 6) is 0. The SMILES string of the molecule is c1cnc2c(C3CCCCCN3)cccc2c1. The van der Waals surface area contributed by atoms with Crippen LogP contribution in [0.25, 0.3) is 10.9 Å². The molecule has 0 saturated carbocycles. The summed E-state index contributed by atoms with van der Waals surface area (Å²) < 4.78 is 0. The number of nitrogens with zero attached hydrogens (tertiary/aromatic N) is 1. The number of para-hydroxylation sites is 1. The number of hydrogen-bond acceptors (Lipinski definition) is 2. The smallest absolute Gasteiger partial charge is 0.0749 e. The van der Waals surface area contributed by atoms with Gasteiger partial charge in [-0.05, 0) is 31.0 Å². The molecular weight excluding hydrogens is 208 g/mol. The van der Waals surface area contributed by atoms with Gasteiger partial charge in [0.1, 0.15) is 0 Å². The molecule has 0 bridgehead atoms. The molecule has 17 heavy (non-hydrogen) atoms. The highest BCUT2D eigenvalue weighted by Crippen LogP contribution is 2.27. The molecular formula is C15H18N2. The lowest BCUT2D eigenvalue weighted by Crippen LogP contribution is -2.20. The Kier molecular flexibility index (Phi) is 3.06. The van der Waals surface area contributed by atoms with Crippen molar-refractivity contribution in [3.05, 3.63) is 42.1 Å². The molecule has 2 heteroatoms. The van der Waals surface area contributed by atoms with E-state index in [9.17, 15) is 0 Å². The van der Waals surface area contributed by atoms with E-state index in [0.29, 0.717) is 6.04 Å². The van der Waals surface area contributed by atoms with Crippen molar-refractivity contribution in [1.82, 2.24) is 10.3 Å². The van der Waals surface area contributed by atoms with Gasteiger partial charge in [0, 0.05) is 17.6 Å². The highest BCUT2D eigenvalue weighted by atomic mass is 14.9. The van der Waals surface area contributed by atoms with Gasteiger partial charge >= 0.3 is 0 Å². The summed E-state index contributed by atoms with van der Waals surface area (Å²) in [6.45, 7) is 1.13. The molecule has 1 aromatic heterocycles. The maximum absolute atomic E-state index is 4.55. The number of hydrogen-bond donors (Lipinski definition) is 1. The van der Waals surface area contributed by atoms with E-state index in [-0.39, 0.29) is 0 Å². The highest BCUT2D eigenvalue weighted by molar-refractivity contribution is 5.81. The van der Waals surface area contributed by atoms with Gasteiger partial charge in [-0.2, -0.15) is 0 Å². The van der Waals surface area contributed by atoms with Crippen LogP contribution in [0.3, 0.4) is 0 Å². The lowest BCUT2D eigenvalue weighted by Gasteiger charge is -2.17. The lowest BCUT2D eigenvalue weighted by atomic mass is 9.99. The average molecular weight is 226 g/mol. The fraction of sp³-hybridized carbons (Fsp3) is 0.400. The molecule has 1 aliphatic heterocycles. The zero-order valence-electron chi connectivity index (χ0n) is 10.0. The van der Waals surface area contributed by atoms with Crippen LogP contribution in [0.15, 0.2) is 36.5 Å². The minimum Gasteiger partial charge on any atom is -0.310 e. The Bertz CT molecular complexity index is 494. The van der Waals surface area contributed by atoms with E-state index in [2.05, 4.69) is 34.6 Å². The van der Waals surface area contributed by atoms with Gasteiger partial charge < -0.3 is 5.32 Å². The molecule has 1 aliphatic rings. The van der Waals surface area contributed by atoms with Crippen molar-refractivity contribution in [3.8, 4) is 0 Å². The van der Waals surface area contributed by atoms with Gasteiger partial charge in [0.25, 0.3) is 0 Å². The summed E-state index contributed by atoms with van der Waals surface area (Å²) in [6, 6.07) is 11.1. The van der Waals surface area contributed by atoms with E-state index in [0.717, 1.165) is 12.1 Å². The fourth-order valence-electron chi connectivity index (χ4n) is 2.70. The predicted molar refractivity (Wildman–Crippen MR) is 71.0 cm³/mol. The molecule has 3 rings (SSSR count). The van der Waals surface area contributed by atoms with Crippen LogP contribution in [-0.4, -0.2) is 11.5 Å². The third-order valence-corrected chi connectivity index (χ3v) is 3.60. The number of pyridine rings is 1. The Morgan fingerprint density at radius 2 is 2.00 bits per heavy atom. The molecule has 88 valence electrons. The van der Waals surface area contributed by atoms with E-state index < -0.39 is 0 Å². The summed E-state index contributed by atoms with van der Waals surface area (Å²) in [5.41, 5.74) is 2.53. The molecule has 0 amide bonds. The summed E-state index contributed by atoms with van der Waals surface area (Å²) in [6.07, 6.45) is 7.09. The summed E-state index contributed by atoms with van der Waals surface area (Å²) in [7, 11) is 0. The third-order valence-electron chi connectivity index (χ3n) is 3.60. The molecule has 1 saturated heterocycles. The maximum atomic E-state index is 4.55. The first-order valence-electron chi connectivity index (χ1n) is 6.52. The topological polar surface area (TPSA) is 24.9 Å². The molecule has 2 nitrogen and oxygen atoms in total. The van der Waals surface area contributed by atoms with Crippen LogP contribution in [-0.2, 0) is 0 Å². The quantitative estimate of drug-likeness (QED) is 0.805. The first-order chi connectivity index (χ1) is 8.45. The molecule has 1 fully saturated rings. The van der Waals surface area contributed by atoms with Crippen LogP contribution in [0.2, 0.25) is 0 Å². The largest absolute Gasteiger partial charge is 0.310 e. The van der Waals surface area contributed by atoms with E-state index >= 15 is 0 Å². The number of benzene rings is 1. The van der Waals surface area contributed by atoms with Crippen LogP contribution < -0.4 is 5.32 Å². The van der Waals surface area contributed by atoms with Gasteiger partial charge in [-0.25, -0.2) is 0 Å². The molecule has 0 aliphatic carbocycles. The average Bonchev–Trinajstić information content (AvgIpc) is 2.67. The Labute approximate surface area is 102 Å². The zero-order chi connectivity index (χ0) is 11.5. The van der Waals surface area contributed by atoms with E-state index in [1.165, 1.54) is 36.6 Å². The van der Waals surface area contributed by atoms with Crippen molar-refractivity contribution >= 4 is 10.9 Å². The molecule has 1 aromatic carbocycles. The van der Waals surface area contributed by atoms with Crippen LogP contribution in [0.1, 0.15) is 37.3 Å². The molecule has 1 atom stereocenters. The molecule has 1 unspecified atom stereocenters. The lowest BCUT2D eigenvalue weighted by molar-refractivity contribution is 0.537. The van der Waals surface area contributed by atoms with Crippen molar-refractivity contribution in [3.63, 3.8) is 0 Å². The minimum absolute atomic E-state index is 0.482.